The van der Waals surface area contributed by atoms with Crippen molar-refractivity contribution in [2.75, 3.05) is 24.1 Å². The summed E-state index contributed by atoms with van der Waals surface area (Å²) < 4.78 is 68.0. The van der Waals surface area contributed by atoms with E-state index >= 15 is 0 Å². The van der Waals surface area contributed by atoms with Crippen molar-refractivity contribution in [3.63, 3.8) is 0 Å². The summed E-state index contributed by atoms with van der Waals surface area (Å²) in [6.45, 7) is 15.5. The van der Waals surface area contributed by atoms with Gasteiger partial charge in [-0.25, -0.2) is 45.8 Å². The molecule has 0 aliphatic heterocycles. The number of alkyl carbamates (subject to hydrolysis) is 2. The Labute approximate surface area is 480 Å². The number of amides is 2. The maximum Gasteiger partial charge on any atom is 0.407 e. The van der Waals surface area contributed by atoms with Crippen LogP contribution in [0, 0.1) is 0 Å². The highest BCUT2D eigenvalue weighted by molar-refractivity contribution is 9.10. The Kier molecular flexibility index (Phi) is 23.5. The molecule has 20 nitrogen and oxygen atoms in total. The minimum atomic E-state index is -3.76. The number of rotatable bonds is 18. The number of nitrogens with one attached hydrogen (secondary N) is 5. The molecule has 8 rings (SSSR count). The second kappa shape index (κ2) is 29.7. The van der Waals surface area contributed by atoms with Crippen LogP contribution in [-0.2, 0) is 42.4 Å². The van der Waals surface area contributed by atoms with E-state index in [4.69, 9.17) is 15.2 Å². The van der Waals surface area contributed by atoms with E-state index in [-0.39, 0.29) is 58.7 Å². The number of aromatic nitrogens is 6. The van der Waals surface area contributed by atoms with E-state index in [1.165, 1.54) is 22.7 Å². The van der Waals surface area contributed by atoms with Gasteiger partial charge in [-0.15, -0.1) is 32.9 Å². The number of nitrogens with zero attached hydrogens (tertiary/aromatic N) is 6. The smallest absolute Gasteiger partial charge is 0.407 e. The van der Waals surface area contributed by atoms with Gasteiger partial charge in [-0.05, 0) is 140 Å². The summed E-state index contributed by atoms with van der Waals surface area (Å²) in [5.74, 6) is 1.59. The number of carbonyl (C=O) groups is 2. The number of hydrogen-bond acceptors (Lipinski definition) is 18. The second-order valence-electron chi connectivity index (χ2n) is 19.5. The van der Waals surface area contributed by atoms with Gasteiger partial charge in [0, 0.05) is 70.7 Å². The third-order valence-electron chi connectivity index (χ3n) is 12.7. The van der Waals surface area contributed by atoms with E-state index < -0.39 is 20.0 Å². The number of aryl methyl sites for hydroxylation is 2. The number of anilines is 3. The highest BCUT2D eigenvalue weighted by Gasteiger charge is 2.30. The van der Waals surface area contributed by atoms with Crippen LogP contribution in [0.25, 0.3) is 20.9 Å². The topological polar surface area (TPSA) is 284 Å². The zero-order valence-electron chi connectivity index (χ0n) is 45.9. The van der Waals surface area contributed by atoms with Crippen molar-refractivity contribution in [2.24, 2.45) is 0 Å². The van der Waals surface area contributed by atoms with Crippen LogP contribution < -0.4 is 31.1 Å². The first kappa shape index (κ1) is 62.5. The minimum Gasteiger partial charge on any atom is -0.447 e. The average Bonchev–Trinajstić information content (AvgIpc) is 4.13. The molecule has 0 atom stereocenters. The molecule has 2 aliphatic carbocycles. The number of ether oxygens (including phenoxy) is 2. The Bertz CT molecular complexity index is 3150. The molecule has 0 spiro atoms. The van der Waals surface area contributed by atoms with Crippen molar-refractivity contribution in [1.29, 1.82) is 0 Å². The molecule has 4 heterocycles. The highest BCUT2D eigenvalue weighted by Crippen LogP contribution is 2.42. The molecule has 2 saturated carbocycles. The van der Waals surface area contributed by atoms with Crippen molar-refractivity contribution in [3.05, 3.63) is 98.9 Å². The number of carbonyl (C=O) groups excluding carboxylic acids is 2. The molecule has 2 aliphatic rings. The van der Waals surface area contributed by atoms with Crippen LogP contribution in [0.1, 0.15) is 140 Å². The number of nitrogen functional groups attached to an aromatic ring is 1. The van der Waals surface area contributed by atoms with Gasteiger partial charge >= 0.3 is 12.2 Å². The lowest BCUT2D eigenvalue weighted by atomic mass is 9.86. The lowest BCUT2D eigenvalue weighted by Gasteiger charge is -2.28. The molecule has 2 amide bonds. The Morgan fingerprint density at radius 3 is 1.49 bits per heavy atom. The summed E-state index contributed by atoms with van der Waals surface area (Å²) in [5.41, 5.74) is 9.02. The van der Waals surface area contributed by atoms with E-state index in [9.17, 15) is 26.4 Å². The van der Waals surface area contributed by atoms with Gasteiger partial charge < -0.3 is 31.2 Å². The Morgan fingerprint density at radius 2 is 1.08 bits per heavy atom. The number of hydrogen-bond donors (Lipinski definition) is 6. The molecule has 4 aromatic heterocycles. The van der Waals surface area contributed by atoms with E-state index in [1.807, 2.05) is 77.9 Å². The SMILES string of the molecule is CCNS(=O)(=O)c1cc(Br)ccc1-c1cnc(C2CCC(NC(=O)OC(C)C)CC2)s1.CCNS(=O)(=O)c1cc(Nc2ccc(CC)nn2)ccc1-c1cnc(C2CCC(NC(=O)OC(C)C)CC2)s1.CCc1ccc(N)nn1. The normalized spacial score (nSPS) is 17.4. The van der Waals surface area contributed by atoms with Crippen LogP contribution in [0.15, 0.2) is 87.3 Å². The van der Waals surface area contributed by atoms with Crippen LogP contribution in [0.4, 0.5) is 26.9 Å². The van der Waals surface area contributed by atoms with Gasteiger partial charge in [0.2, 0.25) is 20.0 Å². The monoisotopic (exact) mass is 1220 g/mol. The number of thiazole rings is 2. The summed E-state index contributed by atoms with van der Waals surface area (Å²) in [6, 6.07) is 18.1. The van der Waals surface area contributed by atoms with E-state index in [0.717, 1.165) is 95.4 Å². The maximum absolute atomic E-state index is 13.2. The second-order valence-corrected chi connectivity index (χ2v) is 26.0. The Balaban J connectivity index is 0.000000224. The lowest BCUT2D eigenvalue weighted by Crippen LogP contribution is -2.38. The average molecular weight is 1230 g/mol. The van der Waals surface area contributed by atoms with Crippen LogP contribution in [-0.4, -0.2) is 96.8 Å². The first-order chi connectivity index (χ1) is 37.7. The fraction of sp³-hybridized carbons (Fsp3) is 0.481. The quantitative estimate of drug-likeness (QED) is 0.0466. The number of nitrogens with two attached hydrogens (primary N) is 1. The summed E-state index contributed by atoms with van der Waals surface area (Å²) in [6.07, 6.45) is 11.2. The molecule has 0 unspecified atom stereocenters. The summed E-state index contributed by atoms with van der Waals surface area (Å²) >= 11 is 6.43. The van der Waals surface area contributed by atoms with Gasteiger partial charge in [-0.1, -0.05) is 55.8 Å². The van der Waals surface area contributed by atoms with Gasteiger partial charge in [-0.3, -0.25) is 0 Å². The molecule has 2 fully saturated rings. The summed E-state index contributed by atoms with van der Waals surface area (Å²) in [4.78, 5) is 35.1. The van der Waals surface area contributed by atoms with Gasteiger partial charge in [0.15, 0.2) is 5.82 Å². The molecule has 0 radical (unpaired) electrons. The summed E-state index contributed by atoms with van der Waals surface area (Å²) in [5, 5.41) is 26.9. The fourth-order valence-corrected chi connectivity index (χ4v) is 14.3. The third-order valence-corrected chi connectivity index (χ3v) is 18.7. The predicted molar refractivity (Wildman–Crippen MR) is 315 cm³/mol. The molecule has 6 aromatic rings. The van der Waals surface area contributed by atoms with E-state index in [1.54, 1.807) is 50.5 Å². The van der Waals surface area contributed by atoms with Crippen molar-refractivity contribution in [3.8, 4) is 20.9 Å². The van der Waals surface area contributed by atoms with Gasteiger partial charge in [-0.2, -0.15) is 10.2 Å². The summed E-state index contributed by atoms with van der Waals surface area (Å²) in [7, 11) is -7.37. The number of sulfonamides is 2. The first-order valence-corrected chi connectivity index (χ1v) is 32.1. The number of halogens is 1. The molecular formula is C54H73BrN12O8S4. The van der Waals surface area contributed by atoms with Crippen LogP contribution in [0.3, 0.4) is 0 Å². The zero-order valence-corrected chi connectivity index (χ0v) is 50.8. The van der Waals surface area contributed by atoms with Crippen molar-refractivity contribution < 1.29 is 35.9 Å². The van der Waals surface area contributed by atoms with Crippen molar-refractivity contribution in [2.45, 2.75) is 166 Å². The standard InChI is InChI=1S/C27H36N6O4S2.C21H28BrN3O4S2.C6H9N3/c1-5-19-12-14-25(33-32-19)30-21-11-13-22(24(15-21)39(35,36)29-6-2)23-16-28-26(38-23)18-7-9-20(10-8-18)31-27(34)37-17(3)4;1-4-24-31(27,28)19-11-15(22)7-10-17(19)18-12-23-20(30-18)14-5-8-16(9-6-14)25-21(26)29-13(2)3;1-2-5-3-4-6(7)9-8-5/h11-18,20,29H,5-10H2,1-4H3,(H,30,33)(H,31,34);7,10-14,16,24H,4-6,8-9H2,1-3H3,(H,25,26);3-4H,2H2,1H3,(H2,7,9). The van der Waals surface area contributed by atoms with Crippen molar-refractivity contribution in [1.82, 2.24) is 50.4 Å². The third kappa shape index (κ3) is 18.7. The maximum atomic E-state index is 13.2. The fourth-order valence-electron chi connectivity index (χ4n) is 8.81. The molecule has 25 heteroatoms. The number of benzene rings is 2. The zero-order chi connectivity index (χ0) is 57.3. The molecule has 7 N–H and O–H groups in total. The predicted octanol–water partition coefficient (Wildman–Crippen LogP) is 11.0. The van der Waals surface area contributed by atoms with Crippen LogP contribution >= 0.6 is 38.6 Å². The largest absolute Gasteiger partial charge is 0.447 e. The van der Waals surface area contributed by atoms with E-state index in [0.29, 0.717) is 45.4 Å². The molecule has 2 aromatic carbocycles. The van der Waals surface area contributed by atoms with Crippen LogP contribution in [0.5, 0.6) is 0 Å². The Hall–Kier alpha value is -5.70. The van der Waals surface area contributed by atoms with Crippen molar-refractivity contribution >= 4 is 88.2 Å². The van der Waals surface area contributed by atoms with Gasteiger partial charge in [0.25, 0.3) is 0 Å². The Morgan fingerprint density at radius 1 is 0.620 bits per heavy atom. The highest BCUT2D eigenvalue weighted by atomic mass is 79.9. The van der Waals surface area contributed by atoms with E-state index in [2.05, 4.69) is 71.7 Å². The van der Waals surface area contributed by atoms with Crippen LogP contribution in [0.2, 0.25) is 0 Å². The molecule has 0 bridgehead atoms. The molecule has 0 saturated heterocycles. The molecular weight excluding hydrogens is 1150 g/mol. The molecule has 428 valence electrons. The lowest BCUT2D eigenvalue weighted by molar-refractivity contribution is 0.108. The van der Waals surface area contributed by atoms with Gasteiger partial charge in [0.1, 0.15) is 5.82 Å². The van der Waals surface area contributed by atoms with Gasteiger partial charge in [0.05, 0.1) is 53.2 Å². The minimum absolute atomic E-state index is 0.0895. The first-order valence-electron chi connectivity index (χ1n) is 26.7. The molecule has 79 heavy (non-hydrogen) atoms.